The van der Waals surface area contributed by atoms with Crippen molar-refractivity contribution in [3.8, 4) is 22.6 Å². The number of nitrogens with zero attached hydrogens (tertiary/aromatic N) is 4. The van der Waals surface area contributed by atoms with E-state index >= 15 is 0 Å². The van der Waals surface area contributed by atoms with Crippen LogP contribution in [0.4, 0.5) is 22.7 Å². The van der Waals surface area contributed by atoms with Crippen LogP contribution in [0, 0.1) is 13.8 Å². The molecule has 50 heavy (non-hydrogen) atoms. The van der Waals surface area contributed by atoms with Gasteiger partial charge in [0.1, 0.15) is 54.5 Å². The van der Waals surface area contributed by atoms with E-state index in [1.165, 1.54) is 38.1 Å². The van der Waals surface area contributed by atoms with Crippen molar-refractivity contribution >= 4 is 64.5 Å². The zero-order valence-corrected chi connectivity index (χ0v) is 32.8. The molecule has 6 aromatic rings. The zero-order valence-electron chi connectivity index (χ0n) is 27.2. The van der Waals surface area contributed by atoms with Gasteiger partial charge in [0.25, 0.3) is 0 Å². The van der Waals surface area contributed by atoms with Gasteiger partial charge in [-0.2, -0.15) is 0 Å². The quantitative estimate of drug-likeness (QED) is 0.142. The van der Waals surface area contributed by atoms with E-state index in [1.807, 2.05) is 0 Å². The zero-order chi connectivity index (χ0) is 34.4. The summed E-state index contributed by atoms with van der Waals surface area (Å²) in [6, 6.07) is 25.1. The molecular weight excluding hydrogens is 703 g/mol. The van der Waals surface area contributed by atoms with Gasteiger partial charge < -0.3 is 19.3 Å². The predicted octanol–water partition coefficient (Wildman–Crippen LogP) is 2.34. The van der Waals surface area contributed by atoms with Crippen molar-refractivity contribution in [2.75, 3.05) is 0 Å². The number of phenolic OH excluding ortho intramolecular Hbond substituents is 2. The Morgan fingerprint density at radius 2 is 0.840 bits per heavy atom. The molecule has 0 bridgehead atoms. The van der Waals surface area contributed by atoms with E-state index in [-0.39, 0.29) is 116 Å². The number of aryl methyl sites for hydroxylation is 2. The molecule has 0 heterocycles. The second kappa shape index (κ2) is 15.4. The first-order chi connectivity index (χ1) is 22.7. The summed E-state index contributed by atoms with van der Waals surface area (Å²) < 4.78 is 74.8. The van der Waals surface area contributed by atoms with Gasteiger partial charge in [-0.15, -0.1) is 20.5 Å². The van der Waals surface area contributed by atoms with Crippen LogP contribution in [0.5, 0.6) is 11.5 Å². The van der Waals surface area contributed by atoms with Crippen molar-refractivity contribution in [1.29, 1.82) is 0 Å². The Kier molecular flexibility index (Phi) is 12.1. The number of hydrogen-bond acceptors (Lipinski definition) is 12. The smallest absolute Gasteiger partial charge is 0.744 e. The summed E-state index contributed by atoms with van der Waals surface area (Å²) >= 11 is 0. The maximum Gasteiger partial charge on any atom is 1.00 e. The topological polar surface area (TPSA) is 204 Å². The Morgan fingerprint density at radius 3 is 1.20 bits per heavy atom. The normalized spacial score (nSPS) is 12.0. The first-order valence-electron chi connectivity index (χ1n) is 14.2. The minimum absolute atomic E-state index is 0. The van der Waals surface area contributed by atoms with Crippen molar-refractivity contribution in [3.05, 3.63) is 108 Å². The molecule has 12 nitrogen and oxygen atoms in total. The molecule has 0 aliphatic heterocycles. The van der Waals surface area contributed by atoms with Crippen LogP contribution in [-0.4, -0.2) is 36.2 Å². The third-order valence-electron chi connectivity index (χ3n) is 7.66. The number of azo groups is 2. The van der Waals surface area contributed by atoms with Gasteiger partial charge in [-0.1, -0.05) is 60.7 Å². The first kappa shape index (κ1) is 39.2. The Hall–Kier alpha value is -3.54. The summed E-state index contributed by atoms with van der Waals surface area (Å²) in [6.45, 7) is 2.96. The third kappa shape index (κ3) is 8.00. The summed E-state index contributed by atoms with van der Waals surface area (Å²) in [5.74, 6) is -0.430. The van der Waals surface area contributed by atoms with E-state index < -0.39 is 30.0 Å². The predicted molar refractivity (Wildman–Crippen MR) is 177 cm³/mol. The summed E-state index contributed by atoms with van der Waals surface area (Å²) in [7, 11) is -10.3. The average Bonchev–Trinajstić information content (AvgIpc) is 3.03. The van der Waals surface area contributed by atoms with Crippen LogP contribution < -0.4 is 59.1 Å². The second-order valence-corrected chi connectivity index (χ2v) is 13.6. The molecule has 6 rings (SSSR count). The second-order valence-electron chi connectivity index (χ2n) is 10.9. The Labute approximate surface area is 331 Å². The molecule has 0 aromatic heterocycles. The van der Waals surface area contributed by atoms with Gasteiger partial charge in [0.05, 0.1) is 9.79 Å². The molecule has 0 aliphatic rings. The molecule has 0 unspecified atom stereocenters. The summed E-state index contributed by atoms with van der Waals surface area (Å²) in [4.78, 5) is -1.50. The molecule has 0 atom stereocenters. The molecule has 0 amide bonds. The molecule has 0 saturated heterocycles. The minimum atomic E-state index is -5.17. The van der Waals surface area contributed by atoms with Gasteiger partial charge in [0.15, 0.2) is 0 Å². The van der Waals surface area contributed by atoms with Gasteiger partial charge in [-0.05, 0) is 83.3 Å². The van der Waals surface area contributed by atoms with Gasteiger partial charge in [-0.25, -0.2) is 16.8 Å². The molecular formula is C34H24N4Na2O8S2. The van der Waals surface area contributed by atoms with Crippen molar-refractivity contribution in [2.45, 2.75) is 23.6 Å². The molecule has 6 aromatic carbocycles. The number of benzene rings is 6. The molecule has 16 heteroatoms. The number of hydrogen-bond donors (Lipinski definition) is 2. The van der Waals surface area contributed by atoms with E-state index in [0.29, 0.717) is 10.8 Å². The van der Waals surface area contributed by atoms with Crippen molar-refractivity contribution in [1.82, 2.24) is 0 Å². The fraction of sp³-hybridized carbons (Fsp3) is 0.0588. The fourth-order valence-corrected chi connectivity index (χ4v) is 6.78. The number of aromatic hydroxyl groups is 2. The van der Waals surface area contributed by atoms with Crippen LogP contribution in [0.3, 0.4) is 0 Å². The molecule has 0 fully saturated rings. The molecule has 2 N–H and O–H groups in total. The Bertz CT molecular complexity index is 2400. The summed E-state index contributed by atoms with van der Waals surface area (Å²) in [5.41, 5.74) is 0.120. The van der Waals surface area contributed by atoms with E-state index in [0.717, 1.165) is 22.9 Å². The standard InChI is InChI=1S/C34H26N4O8S2.2Na/c1-19-15-23(17-29(47(41,42)43)31(19)35-37-33-25-9-5-3-7-21(25)11-13-27(33)39)24-16-20(2)32(30(18-24)48(44,45)46)36-38-34-26-10-6-4-8-22(26)12-14-28(34)40;;/h3-18,39-40H,1-2H3,(H,41,42,43)(H,44,45,46);;/q;2*+1/p-2. The number of fused-ring (bicyclic) bond motifs is 2. The minimum Gasteiger partial charge on any atom is -0.744 e. The van der Waals surface area contributed by atoms with E-state index in [2.05, 4.69) is 20.5 Å². The van der Waals surface area contributed by atoms with Crippen molar-refractivity contribution in [3.63, 3.8) is 0 Å². The van der Waals surface area contributed by atoms with Crippen molar-refractivity contribution < 1.29 is 95.3 Å². The largest absolute Gasteiger partial charge is 1.00 e. The maximum absolute atomic E-state index is 12.5. The monoisotopic (exact) mass is 726 g/mol. The molecule has 0 spiro atoms. The van der Waals surface area contributed by atoms with Gasteiger partial charge in [0, 0.05) is 10.8 Å². The summed E-state index contributed by atoms with van der Waals surface area (Å²) in [5, 5.41) is 39.7. The molecule has 0 aliphatic carbocycles. The van der Waals surface area contributed by atoms with E-state index in [9.17, 15) is 36.2 Å². The van der Waals surface area contributed by atoms with Crippen LogP contribution in [0.25, 0.3) is 32.7 Å². The van der Waals surface area contributed by atoms with Gasteiger partial charge in [0.2, 0.25) is 0 Å². The van der Waals surface area contributed by atoms with E-state index in [4.69, 9.17) is 0 Å². The average molecular weight is 727 g/mol. The van der Waals surface area contributed by atoms with Crippen LogP contribution in [0.15, 0.2) is 127 Å². The SMILES string of the molecule is Cc1cc(-c2cc(C)c(N=Nc3c(O)ccc4ccccc34)c(S(=O)(=O)[O-])c2)cc(S(=O)(=O)[O-])c1N=Nc1c(O)ccc2ccccc12.[Na+].[Na+]. The molecule has 0 radical (unpaired) electrons. The van der Waals surface area contributed by atoms with Crippen LogP contribution in [0.2, 0.25) is 0 Å². The Morgan fingerprint density at radius 1 is 0.500 bits per heavy atom. The fourth-order valence-electron chi connectivity index (χ4n) is 5.36. The van der Waals surface area contributed by atoms with Crippen LogP contribution in [0.1, 0.15) is 11.1 Å². The number of phenols is 2. The van der Waals surface area contributed by atoms with Crippen LogP contribution >= 0.6 is 0 Å². The van der Waals surface area contributed by atoms with Gasteiger partial charge in [-0.3, -0.25) is 0 Å². The number of rotatable bonds is 7. The maximum atomic E-state index is 12.5. The first-order valence-corrected chi connectivity index (χ1v) is 17.0. The van der Waals surface area contributed by atoms with Crippen molar-refractivity contribution in [2.24, 2.45) is 20.5 Å². The molecule has 0 saturated carbocycles. The van der Waals surface area contributed by atoms with Crippen LogP contribution in [-0.2, 0) is 20.2 Å². The van der Waals surface area contributed by atoms with E-state index in [1.54, 1.807) is 60.7 Å². The third-order valence-corrected chi connectivity index (χ3v) is 9.36. The van der Waals surface area contributed by atoms with Gasteiger partial charge >= 0.3 is 59.1 Å². The summed E-state index contributed by atoms with van der Waals surface area (Å²) in [6.07, 6.45) is 0. The Balaban J connectivity index is 0.00000281. The molecule has 242 valence electrons.